The summed E-state index contributed by atoms with van der Waals surface area (Å²) in [7, 11) is 1.53. The first kappa shape index (κ1) is 13.8. The van der Waals surface area contributed by atoms with Crippen LogP contribution in [0.15, 0.2) is 42.5 Å². The Balaban J connectivity index is 1.97. The molecule has 1 aliphatic rings. The molecule has 19 heavy (non-hydrogen) atoms. The van der Waals surface area contributed by atoms with Crippen LogP contribution in [0.2, 0.25) is 0 Å². The fourth-order valence-electron chi connectivity index (χ4n) is 2.30. The number of aliphatic hydroxyl groups is 1. The van der Waals surface area contributed by atoms with E-state index >= 15 is 0 Å². The van der Waals surface area contributed by atoms with Crippen LogP contribution in [0.4, 0.5) is 0 Å². The van der Waals surface area contributed by atoms with Gasteiger partial charge in [0.15, 0.2) is 6.10 Å². The third-order valence-electron chi connectivity index (χ3n) is 3.31. The Morgan fingerprint density at radius 2 is 2.16 bits per heavy atom. The molecule has 1 aliphatic carbocycles. The Bertz CT molecular complexity index is 444. The van der Waals surface area contributed by atoms with Crippen molar-refractivity contribution in [2.75, 3.05) is 13.7 Å². The molecule has 0 aromatic heterocycles. The van der Waals surface area contributed by atoms with E-state index in [1.807, 2.05) is 42.5 Å². The summed E-state index contributed by atoms with van der Waals surface area (Å²) in [5, 5.41) is 12.0. The number of hydrogen-bond acceptors (Lipinski definition) is 3. The summed E-state index contributed by atoms with van der Waals surface area (Å²) in [4.78, 5) is 12.2. The summed E-state index contributed by atoms with van der Waals surface area (Å²) in [5.74, 6) is -0.00930. The molecule has 1 aromatic carbocycles. The van der Waals surface area contributed by atoms with E-state index in [-0.39, 0.29) is 24.5 Å². The quantitative estimate of drug-likeness (QED) is 0.788. The van der Waals surface area contributed by atoms with E-state index in [1.165, 1.54) is 7.11 Å². The van der Waals surface area contributed by atoms with Gasteiger partial charge in [0.25, 0.3) is 5.91 Å². The molecular formula is C15H19NO3. The SMILES string of the molecule is COC(C(=O)N[C@@H]1C=C[C@H](CO)C1)c1ccccc1. The second-order valence-corrected chi connectivity index (χ2v) is 4.70. The molecule has 102 valence electrons. The van der Waals surface area contributed by atoms with Crippen LogP contribution in [0.25, 0.3) is 0 Å². The molecule has 0 saturated carbocycles. The number of aliphatic hydroxyl groups excluding tert-OH is 1. The zero-order chi connectivity index (χ0) is 13.7. The Labute approximate surface area is 113 Å². The maximum absolute atomic E-state index is 12.2. The molecule has 4 heteroatoms. The van der Waals surface area contributed by atoms with Crippen molar-refractivity contribution in [3.63, 3.8) is 0 Å². The molecule has 0 fully saturated rings. The maximum Gasteiger partial charge on any atom is 0.254 e. The number of carbonyl (C=O) groups is 1. The van der Waals surface area contributed by atoms with Crippen LogP contribution in [0.3, 0.4) is 0 Å². The molecule has 0 spiro atoms. The molecule has 0 radical (unpaired) electrons. The number of nitrogens with one attached hydrogen (secondary N) is 1. The van der Waals surface area contributed by atoms with E-state index in [0.717, 1.165) is 12.0 Å². The van der Waals surface area contributed by atoms with E-state index in [0.29, 0.717) is 0 Å². The number of amides is 1. The molecule has 0 heterocycles. The van der Waals surface area contributed by atoms with Gasteiger partial charge in [0.1, 0.15) is 0 Å². The minimum atomic E-state index is -0.595. The van der Waals surface area contributed by atoms with Gasteiger partial charge >= 0.3 is 0 Å². The third kappa shape index (κ3) is 3.43. The molecule has 0 bridgehead atoms. The predicted octanol–water partition coefficient (Wildman–Crippen LogP) is 1.43. The maximum atomic E-state index is 12.2. The van der Waals surface area contributed by atoms with Gasteiger partial charge < -0.3 is 15.2 Å². The van der Waals surface area contributed by atoms with Gasteiger partial charge in [-0.25, -0.2) is 0 Å². The monoisotopic (exact) mass is 261 g/mol. The summed E-state index contributed by atoms with van der Waals surface area (Å²) in [6.07, 6.45) is 4.02. The molecule has 2 N–H and O–H groups in total. The van der Waals surface area contributed by atoms with Gasteiger partial charge in [-0.2, -0.15) is 0 Å². The first-order valence-corrected chi connectivity index (χ1v) is 6.42. The summed E-state index contributed by atoms with van der Waals surface area (Å²) in [5.41, 5.74) is 0.836. The molecule has 4 nitrogen and oxygen atoms in total. The van der Waals surface area contributed by atoms with Crippen LogP contribution in [-0.4, -0.2) is 30.8 Å². The minimum absolute atomic E-state index is 0.0222. The van der Waals surface area contributed by atoms with Gasteiger partial charge in [-0.3, -0.25) is 4.79 Å². The Hall–Kier alpha value is -1.65. The van der Waals surface area contributed by atoms with Crippen molar-refractivity contribution in [3.05, 3.63) is 48.0 Å². The number of hydrogen-bond donors (Lipinski definition) is 2. The molecule has 1 aromatic rings. The lowest BCUT2D eigenvalue weighted by Crippen LogP contribution is -2.37. The van der Waals surface area contributed by atoms with Crippen molar-refractivity contribution in [1.82, 2.24) is 5.32 Å². The molecular weight excluding hydrogens is 242 g/mol. The highest BCUT2D eigenvalue weighted by molar-refractivity contribution is 5.82. The fourth-order valence-corrected chi connectivity index (χ4v) is 2.30. The van der Waals surface area contributed by atoms with Gasteiger partial charge in [-0.05, 0) is 12.0 Å². The van der Waals surface area contributed by atoms with Gasteiger partial charge in [-0.1, -0.05) is 42.5 Å². The molecule has 2 rings (SSSR count). The number of benzene rings is 1. The van der Waals surface area contributed by atoms with Crippen molar-refractivity contribution >= 4 is 5.91 Å². The normalized spacial score (nSPS) is 23.3. The standard InChI is InChI=1S/C15H19NO3/c1-19-14(12-5-3-2-4-6-12)15(18)16-13-8-7-11(9-13)10-17/h2-8,11,13-14,17H,9-10H2,1H3,(H,16,18)/t11-,13+,14?/m0/s1. The molecule has 0 aliphatic heterocycles. The fraction of sp³-hybridized carbons (Fsp3) is 0.400. The van der Waals surface area contributed by atoms with E-state index in [1.54, 1.807) is 0 Å². The summed E-state index contributed by atoms with van der Waals surface area (Å²) in [6, 6.07) is 9.38. The zero-order valence-corrected chi connectivity index (χ0v) is 11.0. The lowest BCUT2D eigenvalue weighted by atomic mass is 10.1. The van der Waals surface area contributed by atoms with E-state index in [4.69, 9.17) is 9.84 Å². The molecule has 3 atom stereocenters. The highest BCUT2D eigenvalue weighted by atomic mass is 16.5. The largest absolute Gasteiger partial charge is 0.396 e. The smallest absolute Gasteiger partial charge is 0.254 e. The van der Waals surface area contributed by atoms with Crippen molar-refractivity contribution < 1.29 is 14.6 Å². The van der Waals surface area contributed by atoms with Crippen LogP contribution in [0, 0.1) is 5.92 Å². The van der Waals surface area contributed by atoms with Gasteiger partial charge in [0.05, 0.1) is 0 Å². The predicted molar refractivity (Wildman–Crippen MR) is 72.5 cm³/mol. The third-order valence-corrected chi connectivity index (χ3v) is 3.31. The molecule has 1 amide bonds. The molecule has 0 saturated heterocycles. The van der Waals surface area contributed by atoms with Crippen molar-refractivity contribution in [2.45, 2.75) is 18.6 Å². The lowest BCUT2D eigenvalue weighted by Gasteiger charge is -2.19. The van der Waals surface area contributed by atoms with Gasteiger partial charge in [0, 0.05) is 25.7 Å². The van der Waals surface area contributed by atoms with E-state index < -0.39 is 6.10 Å². The minimum Gasteiger partial charge on any atom is -0.396 e. The van der Waals surface area contributed by atoms with E-state index in [2.05, 4.69) is 5.32 Å². The van der Waals surface area contributed by atoms with Crippen LogP contribution in [0.5, 0.6) is 0 Å². The Morgan fingerprint density at radius 1 is 1.42 bits per heavy atom. The Morgan fingerprint density at radius 3 is 2.74 bits per heavy atom. The second kappa shape index (κ2) is 6.50. The average Bonchev–Trinajstić information content (AvgIpc) is 2.88. The highest BCUT2D eigenvalue weighted by Gasteiger charge is 2.25. The first-order chi connectivity index (χ1) is 9.24. The lowest BCUT2D eigenvalue weighted by molar-refractivity contribution is -0.131. The number of ether oxygens (including phenoxy) is 1. The van der Waals surface area contributed by atoms with Crippen molar-refractivity contribution in [2.24, 2.45) is 5.92 Å². The van der Waals surface area contributed by atoms with Gasteiger partial charge in [-0.15, -0.1) is 0 Å². The first-order valence-electron chi connectivity index (χ1n) is 6.42. The van der Waals surface area contributed by atoms with Crippen molar-refractivity contribution in [3.8, 4) is 0 Å². The summed E-state index contributed by atoms with van der Waals surface area (Å²) < 4.78 is 5.28. The average molecular weight is 261 g/mol. The topological polar surface area (TPSA) is 58.6 Å². The van der Waals surface area contributed by atoms with Crippen LogP contribution in [0.1, 0.15) is 18.1 Å². The van der Waals surface area contributed by atoms with E-state index in [9.17, 15) is 4.79 Å². The number of carbonyl (C=O) groups excluding carboxylic acids is 1. The summed E-state index contributed by atoms with van der Waals surface area (Å²) in [6.45, 7) is 0.120. The number of rotatable bonds is 5. The highest BCUT2D eigenvalue weighted by Crippen LogP contribution is 2.20. The van der Waals surface area contributed by atoms with Crippen LogP contribution >= 0.6 is 0 Å². The summed E-state index contributed by atoms with van der Waals surface area (Å²) >= 11 is 0. The molecule has 1 unspecified atom stereocenters. The van der Waals surface area contributed by atoms with Crippen molar-refractivity contribution in [1.29, 1.82) is 0 Å². The van der Waals surface area contributed by atoms with Crippen LogP contribution in [-0.2, 0) is 9.53 Å². The zero-order valence-electron chi connectivity index (χ0n) is 11.0. The van der Waals surface area contributed by atoms with Gasteiger partial charge in [0.2, 0.25) is 0 Å². The number of methoxy groups -OCH3 is 1. The Kier molecular flexibility index (Phi) is 4.71. The van der Waals surface area contributed by atoms with Crippen LogP contribution < -0.4 is 5.32 Å². The second-order valence-electron chi connectivity index (χ2n) is 4.70.